The number of benzene rings is 2. The Morgan fingerprint density at radius 1 is 1.24 bits per heavy atom. The zero-order valence-corrected chi connectivity index (χ0v) is 11.9. The van der Waals surface area contributed by atoms with Gasteiger partial charge in [0.25, 0.3) is 5.91 Å². The summed E-state index contributed by atoms with van der Waals surface area (Å²) in [5, 5.41) is 2.78. The van der Waals surface area contributed by atoms with E-state index in [2.05, 4.69) is 10.3 Å². The van der Waals surface area contributed by atoms with E-state index in [-0.39, 0.29) is 21.2 Å². The predicted octanol–water partition coefficient (Wildman–Crippen LogP) is 4.48. The molecule has 106 valence electrons. The number of aromatic nitrogens is 1. The molecule has 0 fully saturated rings. The molecule has 0 radical (unpaired) electrons. The fourth-order valence-corrected chi connectivity index (χ4v) is 2.93. The molecule has 1 aromatic heterocycles. The van der Waals surface area contributed by atoms with Gasteiger partial charge in [-0.2, -0.15) is 0 Å². The third-order valence-electron chi connectivity index (χ3n) is 2.77. The summed E-state index contributed by atoms with van der Waals surface area (Å²) in [6.07, 6.45) is 0. The van der Waals surface area contributed by atoms with Crippen molar-refractivity contribution in [2.75, 3.05) is 5.32 Å². The molecule has 7 heteroatoms. The van der Waals surface area contributed by atoms with E-state index in [0.29, 0.717) is 4.70 Å². The van der Waals surface area contributed by atoms with Crippen LogP contribution in [-0.2, 0) is 0 Å². The van der Waals surface area contributed by atoms with Gasteiger partial charge in [-0.3, -0.25) is 10.1 Å². The maximum Gasteiger partial charge on any atom is 0.258 e. The summed E-state index contributed by atoms with van der Waals surface area (Å²) < 4.78 is 27.1. The molecule has 3 rings (SSSR count). The molecular weight excluding hydrogens is 318 g/mol. The van der Waals surface area contributed by atoms with Gasteiger partial charge in [-0.15, -0.1) is 0 Å². The molecule has 0 unspecified atom stereocenters. The van der Waals surface area contributed by atoms with E-state index < -0.39 is 17.5 Å². The number of anilines is 1. The third kappa shape index (κ3) is 2.72. The van der Waals surface area contributed by atoms with Gasteiger partial charge in [0.1, 0.15) is 17.2 Å². The minimum Gasteiger partial charge on any atom is -0.298 e. The summed E-state index contributed by atoms with van der Waals surface area (Å²) in [5.41, 5.74) is 0.320. The van der Waals surface area contributed by atoms with Crippen LogP contribution >= 0.6 is 22.9 Å². The number of hydrogen-bond donors (Lipinski definition) is 1. The first-order valence-corrected chi connectivity index (χ1v) is 7.05. The van der Waals surface area contributed by atoms with Gasteiger partial charge in [0.05, 0.1) is 15.3 Å². The second-order valence-electron chi connectivity index (χ2n) is 4.18. The highest BCUT2D eigenvalue weighted by atomic mass is 35.5. The summed E-state index contributed by atoms with van der Waals surface area (Å²) in [6.45, 7) is 0. The van der Waals surface area contributed by atoms with E-state index in [4.69, 9.17) is 11.6 Å². The molecule has 2 aromatic carbocycles. The maximum absolute atomic E-state index is 13.5. The lowest BCUT2D eigenvalue weighted by atomic mass is 10.2. The number of thiazole rings is 1. The fourth-order valence-electron chi connectivity index (χ4n) is 1.81. The summed E-state index contributed by atoms with van der Waals surface area (Å²) >= 11 is 6.96. The molecule has 0 aliphatic heterocycles. The van der Waals surface area contributed by atoms with Crippen LogP contribution in [0.2, 0.25) is 5.02 Å². The van der Waals surface area contributed by atoms with E-state index in [1.807, 2.05) is 0 Å². The average Bonchev–Trinajstić information content (AvgIpc) is 2.82. The van der Waals surface area contributed by atoms with Gasteiger partial charge >= 0.3 is 0 Å². The van der Waals surface area contributed by atoms with Crippen molar-refractivity contribution >= 4 is 44.2 Å². The summed E-state index contributed by atoms with van der Waals surface area (Å²) in [5.74, 6) is -1.51. The van der Waals surface area contributed by atoms with Crippen LogP contribution in [0.1, 0.15) is 10.4 Å². The molecule has 0 aliphatic carbocycles. The number of halogens is 3. The highest BCUT2D eigenvalue weighted by Crippen LogP contribution is 2.28. The number of para-hydroxylation sites is 1. The van der Waals surface area contributed by atoms with Gasteiger partial charge in [0.15, 0.2) is 5.13 Å². The summed E-state index contributed by atoms with van der Waals surface area (Å²) in [7, 11) is 0. The van der Waals surface area contributed by atoms with Crippen LogP contribution in [0.25, 0.3) is 10.2 Å². The van der Waals surface area contributed by atoms with Crippen LogP contribution in [0, 0.1) is 11.6 Å². The second-order valence-corrected chi connectivity index (χ2v) is 5.62. The minimum absolute atomic E-state index is 0.000193. The topological polar surface area (TPSA) is 42.0 Å². The zero-order chi connectivity index (χ0) is 15.0. The molecule has 0 atom stereocenters. The van der Waals surface area contributed by atoms with Crippen LogP contribution in [0.4, 0.5) is 13.9 Å². The molecule has 0 saturated heterocycles. The van der Waals surface area contributed by atoms with Crippen LogP contribution in [-0.4, -0.2) is 10.9 Å². The van der Waals surface area contributed by atoms with Gasteiger partial charge in [0.2, 0.25) is 0 Å². The van der Waals surface area contributed by atoms with Crippen LogP contribution in [0.5, 0.6) is 0 Å². The number of hydrogen-bond acceptors (Lipinski definition) is 3. The van der Waals surface area contributed by atoms with Gasteiger partial charge in [-0.05, 0) is 30.3 Å². The molecular formula is C14H7ClF2N2OS. The monoisotopic (exact) mass is 324 g/mol. The minimum atomic E-state index is -0.529. The summed E-state index contributed by atoms with van der Waals surface area (Å²) in [4.78, 5) is 16.1. The zero-order valence-electron chi connectivity index (χ0n) is 10.4. The van der Waals surface area contributed by atoms with Crippen molar-refractivity contribution in [2.45, 2.75) is 0 Å². The molecule has 1 N–H and O–H groups in total. The molecule has 0 spiro atoms. The normalized spacial score (nSPS) is 10.8. The summed E-state index contributed by atoms with van der Waals surface area (Å²) in [6, 6.07) is 8.04. The molecule has 3 nitrogen and oxygen atoms in total. The first-order valence-electron chi connectivity index (χ1n) is 5.86. The highest BCUT2D eigenvalue weighted by Gasteiger charge is 2.14. The van der Waals surface area contributed by atoms with Crippen molar-refractivity contribution in [1.29, 1.82) is 0 Å². The van der Waals surface area contributed by atoms with E-state index in [1.165, 1.54) is 12.1 Å². The Bertz CT molecular complexity index is 850. The van der Waals surface area contributed by atoms with Gasteiger partial charge in [-0.1, -0.05) is 29.0 Å². The van der Waals surface area contributed by atoms with Crippen LogP contribution < -0.4 is 5.32 Å². The lowest BCUT2D eigenvalue weighted by Gasteiger charge is -2.03. The average molecular weight is 325 g/mol. The Hall–Kier alpha value is -2.05. The van der Waals surface area contributed by atoms with Gasteiger partial charge < -0.3 is 0 Å². The molecule has 1 amide bonds. The Labute approximate surface area is 127 Å². The standard InChI is InChI=1S/C14H7ClF2N2OS/c15-9-6-7(16)4-5-8(9)13(20)19-14-18-12-10(17)2-1-3-11(12)21-14/h1-6H,(H,18,19,20). The van der Waals surface area contributed by atoms with E-state index in [9.17, 15) is 13.6 Å². The highest BCUT2D eigenvalue weighted by molar-refractivity contribution is 7.22. The smallest absolute Gasteiger partial charge is 0.258 e. The Kier molecular flexibility index (Phi) is 3.57. The molecule has 3 aromatic rings. The number of amides is 1. The predicted molar refractivity (Wildman–Crippen MR) is 78.9 cm³/mol. The molecule has 21 heavy (non-hydrogen) atoms. The number of nitrogens with one attached hydrogen (secondary N) is 1. The lowest BCUT2D eigenvalue weighted by Crippen LogP contribution is -2.12. The SMILES string of the molecule is O=C(Nc1nc2c(F)cccc2s1)c1ccc(F)cc1Cl. The number of nitrogens with zero attached hydrogens (tertiary/aromatic N) is 1. The van der Waals surface area contributed by atoms with E-state index >= 15 is 0 Å². The van der Waals surface area contributed by atoms with E-state index in [0.717, 1.165) is 23.5 Å². The van der Waals surface area contributed by atoms with Crippen LogP contribution in [0.3, 0.4) is 0 Å². The number of rotatable bonds is 2. The quantitative estimate of drug-likeness (QED) is 0.755. The molecule has 0 aliphatic rings. The van der Waals surface area contributed by atoms with Crippen LogP contribution in [0.15, 0.2) is 36.4 Å². The second kappa shape index (κ2) is 5.38. The van der Waals surface area contributed by atoms with Crippen molar-refractivity contribution in [3.63, 3.8) is 0 Å². The largest absolute Gasteiger partial charge is 0.298 e. The Morgan fingerprint density at radius 3 is 2.76 bits per heavy atom. The molecule has 0 saturated carbocycles. The first kappa shape index (κ1) is 13.9. The Balaban J connectivity index is 1.91. The van der Waals surface area contributed by atoms with Crippen molar-refractivity contribution in [1.82, 2.24) is 4.98 Å². The number of carbonyl (C=O) groups is 1. The van der Waals surface area contributed by atoms with Crippen molar-refractivity contribution in [3.05, 3.63) is 58.6 Å². The number of fused-ring (bicyclic) bond motifs is 1. The van der Waals surface area contributed by atoms with Crippen molar-refractivity contribution < 1.29 is 13.6 Å². The lowest BCUT2D eigenvalue weighted by molar-refractivity contribution is 0.102. The fraction of sp³-hybridized carbons (Fsp3) is 0. The molecule has 0 bridgehead atoms. The first-order chi connectivity index (χ1) is 10.0. The van der Waals surface area contributed by atoms with Crippen molar-refractivity contribution in [3.8, 4) is 0 Å². The van der Waals surface area contributed by atoms with Gasteiger partial charge in [-0.25, -0.2) is 13.8 Å². The Morgan fingerprint density at radius 2 is 2.05 bits per heavy atom. The van der Waals surface area contributed by atoms with E-state index in [1.54, 1.807) is 12.1 Å². The third-order valence-corrected chi connectivity index (χ3v) is 4.01. The van der Waals surface area contributed by atoms with Gasteiger partial charge in [0, 0.05) is 0 Å². The number of carbonyl (C=O) groups excluding carboxylic acids is 1. The molecule has 1 heterocycles. The maximum atomic E-state index is 13.5. The van der Waals surface area contributed by atoms with Crippen molar-refractivity contribution in [2.24, 2.45) is 0 Å².